The van der Waals surface area contributed by atoms with Crippen LogP contribution in [0.5, 0.6) is 5.75 Å². The van der Waals surface area contributed by atoms with Crippen molar-refractivity contribution in [3.63, 3.8) is 0 Å². The Morgan fingerprint density at radius 2 is 2.12 bits per heavy atom. The molecule has 16 heavy (non-hydrogen) atoms. The first-order valence-electron chi connectivity index (χ1n) is 4.59. The summed E-state index contributed by atoms with van der Waals surface area (Å²) < 4.78 is 30.3. The van der Waals surface area contributed by atoms with Crippen molar-refractivity contribution in [1.82, 2.24) is 9.29 Å². The lowest BCUT2D eigenvalue weighted by Crippen LogP contribution is -2.27. The predicted molar refractivity (Wildman–Crippen MR) is 61.3 cm³/mol. The Morgan fingerprint density at radius 3 is 2.62 bits per heavy atom. The monoisotopic (exact) mass is 264 g/mol. The summed E-state index contributed by atoms with van der Waals surface area (Å²) in [5.74, 6) is 0.122. The molecule has 0 spiro atoms. The number of nitrogens with zero attached hydrogens (tertiary/aromatic N) is 2. The fourth-order valence-corrected chi connectivity index (χ4v) is 2.71. The van der Waals surface area contributed by atoms with Crippen molar-refractivity contribution in [3.05, 3.63) is 17.4 Å². The zero-order valence-electron chi connectivity index (χ0n) is 9.27. The minimum Gasteiger partial charge on any atom is -0.494 e. The van der Waals surface area contributed by atoms with Crippen LogP contribution in [0.25, 0.3) is 0 Å². The van der Waals surface area contributed by atoms with E-state index in [1.807, 2.05) is 0 Å². The Morgan fingerprint density at radius 1 is 1.50 bits per heavy atom. The Labute approximate surface area is 100 Å². The summed E-state index contributed by atoms with van der Waals surface area (Å²) in [4.78, 5) is 3.74. The van der Waals surface area contributed by atoms with Gasteiger partial charge in [0.2, 0.25) is 10.0 Å². The number of pyridine rings is 1. The molecule has 0 unspecified atom stereocenters. The number of hydrogen-bond acceptors (Lipinski definition) is 4. The average Bonchev–Trinajstić information content (AvgIpc) is 2.27. The van der Waals surface area contributed by atoms with Crippen LogP contribution in [0.3, 0.4) is 0 Å². The molecule has 1 aromatic heterocycles. The second-order valence-corrected chi connectivity index (χ2v) is 5.49. The van der Waals surface area contributed by atoms with Gasteiger partial charge in [0.05, 0.1) is 13.3 Å². The highest BCUT2D eigenvalue weighted by Gasteiger charge is 2.25. The molecule has 7 heteroatoms. The lowest BCUT2D eigenvalue weighted by atomic mass is 10.4. The van der Waals surface area contributed by atoms with Crippen molar-refractivity contribution >= 4 is 21.6 Å². The van der Waals surface area contributed by atoms with E-state index < -0.39 is 10.0 Å². The third-order valence-electron chi connectivity index (χ3n) is 2.16. The molecule has 1 rings (SSSR count). The molecule has 0 fully saturated rings. The zero-order valence-corrected chi connectivity index (χ0v) is 10.8. The molecular weight excluding hydrogens is 252 g/mol. The SMILES string of the molecule is CCN(C)S(=O)(=O)c1cncc(Cl)c1OC. The summed E-state index contributed by atoms with van der Waals surface area (Å²) >= 11 is 5.81. The van der Waals surface area contributed by atoms with Gasteiger partial charge in [-0.3, -0.25) is 4.98 Å². The van der Waals surface area contributed by atoms with E-state index in [9.17, 15) is 8.42 Å². The molecule has 0 saturated carbocycles. The Bertz CT molecular complexity index is 476. The van der Waals surface area contributed by atoms with Crippen molar-refractivity contribution in [2.75, 3.05) is 20.7 Å². The first-order valence-corrected chi connectivity index (χ1v) is 6.40. The molecular formula is C9H13ClN2O3S. The topological polar surface area (TPSA) is 59.5 Å². The van der Waals surface area contributed by atoms with Crippen LogP contribution < -0.4 is 4.74 Å². The highest BCUT2D eigenvalue weighted by molar-refractivity contribution is 7.89. The third kappa shape index (κ3) is 2.28. The van der Waals surface area contributed by atoms with Gasteiger partial charge < -0.3 is 4.74 Å². The van der Waals surface area contributed by atoms with E-state index in [1.54, 1.807) is 6.92 Å². The van der Waals surface area contributed by atoms with Crippen LogP contribution in [0.4, 0.5) is 0 Å². The van der Waals surface area contributed by atoms with E-state index in [1.165, 1.54) is 30.9 Å². The standard InChI is InChI=1S/C9H13ClN2O3S/c1-4-12(2)16(13,14)8-6-11-5-7(10)9(8)15-3/h5-6H,4H2,1-3H3. The fourth-order valence-electron chi connectivity index (χ4n) is 1.13. The number of aromatic nitrogens is 1. The Balaban J connectivity index is 3.39. The van der Waals surface area contributed by atoms with Crippen molar-refractivity contribution < 1.29 is 13.2 Å². The van der Waals surface area contributed by atoms with Crippen LogP contribution in [0.15, 0.2) is 17.3 Å². The third-order valence-corrected chi connectivity index (χ3v) is 4.35. The molecule has 0 aliphatic rings. The van der Waals surface area contributed by atoms with Crippen LogP contribution >= 0.6 is 11.6 Å². The van der Waals surface area contributed by atoms with E-state index >= 15 is 0 Å². The summed E-state index contributed by atoms with van der Waals surface area (Å²) in [7, 11) is -0.744. The lowest BCUT2D eigenvalue weighted by Gasteiger charge is -2.16. The van der Waals surface area contributed by atoms with Gasteiger partial charge in [-0.2, -0.15) is 0 Å². The first kappa shape index (κ1) is 13.2. The van der Waals surface area contributed by atoms with Crippen LogP contribution in [0.1, 0.15) is 6.92 Å². The van der Waals surface area contributed by atoms with Gasteiger partial charge in [-0.15, -0.1) is 0 Å². The van der Waals surface area contributed by atoms with Crippen molar-refractivity contribution in [1.29, 1.82) is 0 Å². The number of sulfonamides is 1. The molecule has 1 heterocycles. The average molecular weight is 265 g/mol. The maximum Gasteiger partial charge on any atom is 0.248 e. The highest BCUT2D eigenvalue weighted by Crippen LogP contribution is 2.31. The fraction of sp³-hybridized carbons (Fsp3) is 0.444. The minimum absolute atomic E-state index is 0.0214. The number of halogens is 1. The van der Waals surface area contributed by atoms with Gasteiger partial charge in [0, 0.05) is 19.8 Å². The number of methoxy groups -OCH3 is 1. The smallest absolute Gasteiger partial charge is 0.248 e. The van der Waals surface area contributed by atoms with E-state index in [0.717, 1.165) is 0 Å². The molecule has 0 atom stereocenters. The molecule has 0 aliphatic carbocycles. The summed E-state index contributed by atoms with van der Waals surface area (Å²) in [6.45, 7) is 2.10. The largest absolute Gasteiger partial charge is 0.494 e. The van der Waals surface area contributed by atoms with Gasteiger partial charge in [-0.05, 0) is 0 Å². The van der Waals surface area contributed by atoms with Gasteiger partial charge >= 0.3 is 0 Å². The number of rotatable bonds is 4. The highest BCUT2D eigenvalue weighted by atomic mass is 35.5. The normalized spacial score (nSPS) is 11.8. The predicted octanol–water partition coefficient (Wildman–Crippen LogP) is 1.38. The summed E-state index contributed by atoms with van der Waals surface area (Å²) in [6.07, 6.45) is 2.57. The summed E-state index contributed by atoms with van der Waals surface area (Å²) in [6, 6.07) is 0. The van der Waals surface area contributed by atoms with Gasteiger partial charge in [-0.1, -0.05) is 18.5 Å². The molecule has 1 aromatic rings. The zero-order chi connectivity index (χ0) is 12.3. The first-order chi connectivity index (χ1) is 7.45. The van der Waals surface area contributed by atoms with E-state index in [-0.39, 0.29) is 15.7 Å². The lowest BCUT2D eigenvalue weighted by molar-refractivity contribution is 0.398. The molecule has 90 valence electrons. The summed E-state index contributed by atoms with van der Waals surface area (Å²) in [5.41, 5.74) is 0. The van der Waals surface area contributed by atoms with E-state index in [0.29, 0.717) is 6.54 Å². The number of hydrogen-bond donors (Lipinski definition) is 0. The van der Waals surface area contributed by atoms with Crippen LogP contribution in [0, 0.1) is 0 Å². The molecule has 5 nitrogen and oxygen atoms in total. The van der Waals surface area contributed by atoms with Gasteiger partial charge in [0.25, 0.3) is 0 Å². The van der Waals surface area contributed by atoms with Crippen molar-refractivity contribution in [2.24, 2.45) is 0 Å². The van der Waals surface area contributed by atoms with Crippen LogP contribution in [-0.2, 0) is 10.0 Å². The molecule has 0 amide bonds. The second kappa shape index (κ2) is 4.99. The van der Waals surface area contributed by atoms with Gasteiger partial charge in [0.15, 0.2) is 5.75 Å². The maximum absolute atomic E-state index is 12.0. The summed E-state index contributed by atoms with van der Waals surface area (Å²) in [5, 5.41) is 0.174. The van der Waals surface area contributed by atoms with Crippen LogP contribution in [0.2, 0.25) is 5.02 Å². The molecule has 0 radical (unpaired) electrons. The van der Waals surface area contributed by atoms with E-state index in [4.69, 9.17) is 16.3 Å². The van der Waals surface area contributed by atoms with Gasteiger partial charge in [0.1, 0.15) is 9.92 Å². The maximum atomic E-state index is 12.0. The minimum atomic E-state index is -3.59. The Kier molecular flexibility index (Phi) is 4.12. The molecule has 0 aliphatic heterocycles. The van der Waals surface area contributed by atoms with Crippen molar-refractivity contribution in [3.8, 4) is 5.75 Å². The second-order valence-electron chi connectivity index (χ2n) is 3.07. The van der Waals surface area contributed by atoms with Gasteiger partial charge in [-0.25, -0.2) is 12.7 Å². The number of ether oxygens (including phenoxy) is 1. The Hall–Kier alpha value is -0.850. The van der Waals surface area contributed by atoms with E-state index in [2.05, 4.69) is 4.98 Å². The van der Waals surface area contributed by atoms with Crippen LogP contribution in [-0.4, -0.2) is 38.4 Å². The van der Waals surface area contributed by atoms with Crippen molar-refractivity contribution in [2.45, 2.75) is 11.8 Å². The quantitative estimate of drug-likeness (QED) is 0.824. The molecule has 0 aromatic carbocycles. The molecule has 0 saturated heterocycles. The molecule has 0 N–H and O–H groups in total. The molecule has 0 bridgehead atoms.